The van der Waals surface area contributed by atoms with Crippen LogP contribution in [-0.2, 0) is 20.7 Å². The highest BCUT2D eigenvalue weighted by Gasteiger charge is 2.30. The highest BCUT2D eigenvalue weighted by atomic mass is 16.6. The van der Waals surface area contributed by atoms with Crippen LogP contribution in [0.25, 0.3) is 0 Å². The third kappa shape index (κ3) is 4.29. The lowest BCUT2D eigenvalue weighted by atomic mass is 9.99. The van der Waals surface area contributed by atoms with Crippen molar-refractivity contribution in [2.24, 2.45) is 0 Å². The number of ether oxygens (including phenoxy) is 3. The molecule has 2 unspecified atom stereocenters. The van der Waals surface area contributed by atoms with E-state index in [0.717, 1.165) is 37.8 Å². The number of benzene rings is 1. The minimum absolute atomic E-state index is 0.0907. The Bertz CT molecular complexity index is 660. The molecule has 3 rings (SSSR count). The highest BCUT2D eigenvalue weighted by Crippen LogP contribution is 2.31. The van der Waals surface area contributed by atoms with E-state index in [9.17, 15) is 9.59 Å². The summed E-state index contributed by atoms with van der Waals surface area (Å²) in [4.78, 5) is 26.8. The molecular formula is C20H27NO5. The predicted molar refractivity (Wildman–Crippen MR) is 96.3 cm³/mol. The Hall–Kier alpha value is -2.24. The first-order valence-corrected chi connectivity index (χ1v) is 9.47. The number of likely N-dealkylation sites (tertiary alicyclic amines) is 1. The third-order valence-electron chi connectivity index (χ3n) is 4.99. The number of fused-ring (bicyclic) bond motifs is 1. The van der Waals surface area contributed by atoms with Gasteiger partial charge >= 0.3 is 5.97 Å². The summed E-state index contributed by atoms with van der Waals surface area (Å²) in [5, 5.41) is 0. The first-order chi connectivity index (χ1) is 12.6. The molecule has 142 valence electrons. The van der Waals surface area contributed by atoms with Crippen LogP contribution in [-0.4, -0.2) is 48.7 Å². The lowest BCUT2D eigenvalue weighted by molar-refractivity contribution is -0.160. The number of carbonyl (C=O) groups is 2. The van der Waals surface area contributed by atoms with E-state index in [1.807, 2.05) is 11.0 Å². The molecule has 0 bridgehead atoms. The summed E-state index contributed by atoms with van der Waals surface area (Å²) < 4.78 is 16.4. The molecule has 1 amide bonds. The molecule has 2 aliphatic heterocycles. The number of nitrogens with zero attached hydrogens (tertiary/aromatic N) is 1. The van der Waals surface area contributed by atoms with Gasteiger partial charge in [-0.3, -0.25) is 9.59 Å². The summed E-state index contributed by atoms with van der Waals surface area (Å²) in [5.74, 6) is 0.831. The lowest BCUT2D eigenvalue weighted by Gasteiger charge is -2.36. The van der Waals surface area contributed by atoms with Crippen LogP contribution >= 0.6 is 0 Å². The molecule has 2 heterocycles. The van der Waals surface area contributed by atoms with E-state index >= 15 is 0 Å². The molecular weight excluding hydrogens is 334 g/mol. The van der Waals surface area contributed by atoms with Crippen molar-refractivity contribution < 1.29 is 23.8 Å². The zero-order valence-corrected chi connectivity index (χ0v) is 15.5. The molecule has 0 radical (unpaired) electrons. The summed E-state index contributed by atoms with van der Waals surface area (Å²) in [6.07, 6.45) is 3.47. The van der Waals surface area contributed by atoms with Gasteiger partial charge in [0.05, 0.1) is 6.42 Å². The minimum atomic E-state index is -0.758. The minimum Gasteiger partial charge on any atom is -0.486 e. The molecule has 0 aromatic heterocycles. The quantitative estimate of drug-likeness (QED) is 0.755. The van der Waals surface area contributed by atoms with Gasteiger partial charge in [-0.1, -0.05) is 13.0 Å². The fourth-order valence-corrected chi connectivity index (χ4v) is 3.60. The van der Waals surface area contributed by atoms with E-state index in [1.54, 1.807) is 19.1 Å². The summed E-state index contributed by atoms with van der Waals surface area (Å²) in [5.41, 5.74) is 0.781. The van der Waals surface area contributed by atoms with Gasteiger partial charge in [-0.05, 0) is 50.3 Å². The van der Waals surface area contributed by atoms with Crippen molar-refractivity contribution in [3.8, 4) is 11.5 Å². The van der Waals surface area contributed by atoms with Gasteiger partial charge < -0.3 is 19.1 Å². The maximum Gasteiger partial charge on any atom is 0.311 e. The van der Waals surface area contributed by atoms with Crippen LogP contribution in [0, 0.1) is 0 Å². The zero-order valence-electron chi connectivity index (χ0n) is 15.5. The molecule has 6 nitrogen and oxygen atoms in total. The van der Waals surface area contributed by atoms with Crippen molar-refractivity contribution >= 4 is 11.9 Å². The average Bonchev–Trinajstić information content (AvgIpc) is 2.67. The Labute approximate surface area is 154 Å². The molecule has 0 N–H and O–H groups in total. The number of hydrogen-bond acceptors (Lipinski definition) is 5. The summed E-state index contributed by atoms with van der Waals surface area (Å²) in [7, 11) is 0. The fraction of sp³-hybridized carbons (Fsp3) is 0.600. The standard InChI is InChI=1S/C20H27NO5/c1-3-16-6-4-5-9-21(16)20(23)14(2)26-19(22)13-15-7-8-17-18(12-15)25-11-10-24-17/h7-8,12,14,16H,3-6,9-11,13H2,1-2H3. The van der Waals surface area contributed by atoms with Gasteiger partial charge in [0.25, 0.3) is 5.91 Å². The topological polar surface area (TPSA) is 65.1 Å². The zero-order chi connectivity index (χ0) is 18.5. The lowest BCUT2D eigenvalue weighted by Crippen LogP contribution is -2.48. The van der Waals surface area contributed by atoms with Crippen LogP contribution in [0.15, 0.2) is 18.2 Å². The van der Waals surface area contributed by atoms with Crippen molar-refractivity contribution in [3.63, 3.8) is 0 Å². The number of rotatable bonds is 5. The van der Waals surface area contributed by atoms with Crippen LogP contribution < -0.4 is 9.47 Å². The number of carbonyl (C=O) groups excluding carboxylic acids is 2. The van der Waals surface area contributed by atoms with Gasteiger partial charge in [0.15, 0.2) is 17.6 Å². The fourth-order valence-electron chi connectivity index (χ4n) is 3.60. The maximum atomic E-state index is 12.7. The monoisotopic (exact) mass is 361 g/mol. The Morgan fingerprint density at radius 1 is 1.23 bits per heavy atom. The SMILES string of the molecule is CCC1CCCCN1C(=O)C(C)OC(=O)Cc1ccc2c(c1)OCCO2. The predicted octanol–water partition coefficient (Wildman–Crippen LogP) is 2.72. The molecule has 2 aliphatic rings. The van der Waals surface area contributed by atoms with Crippen molar-refractivity contribution in [1.29, 1.82) is 0 Å². The van der Waals surface area contributed by atoms with E-state index in [1.165, 1.54) is 0 Å². The van der Waals surface area contributed by atoms with Gasteiger partial charge in [-0.15, -0.1) is 0 Å². The first-order valence-electron chi connectivity index (χ1n) is 9.47. The number of esters is 1. The second-order valence-corrected chi connectivity index (χ2v) is 6.88. The normalized spacial score (nSPS) is 20.4. The summed E-state index contributed by atoms with van der Waals surface area (Å²) >= 11 is 0. The molecule has 0 aliphatic carbocycles. The molecule has 0 spiro atoms. The van der Waals surface area contributed by atoms with E-state index in [-0.39, 0.29) is 18.4 Å². The Balaban J connectivity index is 1.56. The van der Waals surface area contributed by atoms with E-state index in [0.29, 0.717) is 24.7 Å². The summed E-state index contributed by atoms with van der Waals surface area (Å²) in [6.45, 7) is 5.53. The summed E-state index contributed by atoms with van der Waals surface area (Å²) in [6, 6.07) is 5.67. The number of amides is 1. The Morgan fingerprint density at radius 2 is 2.00 bits per heavy atom. The van der Waals surface area contributed by atoms with Gasteiger partial charge in [-0.25, -0.2) is 0 Å². The largest absolute Gasteiger partial charge is 0.486 e. The van der Waals surface area contributed by atoms with Crippen LogP contribution in [0.2, 0.25) is 0 Å². The highest BCUT2D eigenvalue weighted by molar-refractivity contribution is 5.84. The maximum absolute atomic E-state index is 12.7. The first kappa shape index (κ1) is 18.5. The molecule has 1 saturated heterocycles. The second kappa shape index (κ2) is 8.43. The molecule has 1 aromatic rings. The molecule has 2 atom stereocenters. The average molecular weight is 361 g/mol. The number of hydrogen-bond donors (Lipinski definition) is 0. The van der Waals surface area contributed by atoms with Crippen LogP contribution in [0.5, 0.6) is 11.5 Å². The Kier molecular flexibility index (Phi) is 6.01. The van der Waals surface area contributed by atoms with E-state index in [4.69, 9.17) is 14.2 Å². The van der Waals surface area contributed by atoms with E-state index in [2.05, 4.69) is 6.92 Å². The molecule has 1 aromatic carbocycles. The van der Waals surface area contributed by atoms with Crippen molar-refractivity contribution in [2.45, 2.75) is 58.1 Å². The van der Waals surface area contributed by atoms with Crippen molar-refractivity contribution in [2.75, 3.05) is 19.8 Å². The van der Waals surface area contributed by atoms with E-state index < -0.39 is 12.1 Å². The molecule has 0 saturated carbocycles. The Morgan fingerprint density at radius 3 is 2.77 bits per heavy atom. The molecule has 1 fully saturated rings. The second-order valence-electron chi connectivity index (χ2n) is 6.88. The van der Waals surface area contributed by atoms with Gasteiger partial charge in [0.2, 0.25) is 0 Å². The van der Waals surface area contributed by atoms with Crippen LogP contribution in [0.3, 0.4) is 0 Å². The van der Waals surface area contributed by atoms with Crippen molar-refractivity contribution in [1.82, 2.24) is 4.90 Å². The molecule has 26 heavy (non-hydrogen) atoms. The van der Waals surface area contributed by atoms with Crippen LogP contribution in [0.1, 0.15) is 45.1 Å². The smallest absolute Gasteiger partial charge is 0.311 e. The third-order valence-corrected chi connectivity index (χ3v) is 4.99. The van der Waals surface area contributed by atoms with Gasteiger partial charge in [0.1, 0.15) is 13.2 Å². The van der Waals surface area contributed by atoms with Crippen molar-refractivity contribution in [3.05, 3.63) is 23.8 Å². The van der Waals surface area contributed by atoms with Gasteiger partial charge in [-0.2, -0.15) is 0 Å². The molecule has 6 heteroatoms. The van der Waals surface area contributed by atoms with Crippen LogP contribution in [0.4, 0.5) is 0 Å². The van der Waals surface area contributed by atoms with Gasteiger partial charge in [0, 0.05) is 12.6 Å². The number of piperidine rings is 1.